The van der Waals surface area contributed by atoms with Crippen LogP contribution < -0.4 is 0 Å². The summed E-state index contributed by atoms with van der Waals surface area (Å²) >= 11 is 0. The molecule has 0 unspecified atom stereocenters. The number of rotatable bonds is 0. The van der Waals surface area contributed by atoms with Crippen LogP contribution in [0.2, 0.25) is 0 Å². The molecule has 1 aliphatic carbocycles. The minimum absolute atomic E-state index is 0.0255. The quantitative estimate of drug-likeness (QED) is 0.498. The summed E-state index contributed by atoms with van der Waals surface area (Å²) in [5.41, 5.74) is 0.356. The van der Waals surface area contributed by atoms with E-state index >= 15 is 0 Å². The Morgan fingerprint density at radius 2 is 2.22 bits per heavy atom. The maximum Gasteiger partial charge on any atom is 0.0735 e. The molecule has 2 nitrogen and oxygen atoms in total. The molecule has 1 N–H and O–H groups in total. The number of aliphatic hydroxyl groups excluding tert-OH is 1. The number of nitrogens with zero attached hydrogens (tertiary/aromatic N) is 1. The van der Waals surface area contributed by atoms with E-state index in [0.29, 0.717) is 5.41 Å². The van der Waals surface area contributed by atoms with Crippen molar-refractivity contribution < 1.29 is 5.11 Å². The van der Waals surface area contributed by atoms with Crippen molar-refractivity contribution in [2.75, 3.05) is 20.1 Å². The lowest BCUT2D eigenvalue weighted by Crippen LogP contribution is -2.18. The maximum absolute atomic E-state index is 9.45. The Bertz CT molecular complexity index is 131. The van der Waals surface area contributed by atoms with Crippen LogP contribution in [0.15, 0.2) is 0 Å². The Kier molecular flexibility index (Phi) is 0.945. The van der Waals surface area contributed by atoms with Crippen LogP contribution in [0.4, 0.5) is 0 Å². The molecule has 0 bridgehead atoms. The predicted molar refractivity (Wildman–Crippen MR) is 35.2 cm³/mol. The molecule has 1 saturated heterocycles. The molecular formula is C7H13NO. The summed E-state index contributed by atoms with van der Waals surface area (Å²) in [6.07, 6.45) is 2.47. The molecule has 52 valence electrons. The summed E-state index contributed by atoms with van der Waals surface area (Å²) in [5.74, 6) is 0. The molecular weight excluding hydrogens is 114 g/mol. The summed E-state index contributed by atoms with van der Waals surface area (Å²) in [5, 5.41) is 9.45. The summed E-state index contributed by atoms with van der Waals surface area (Å²) in [7, 11) is 2.08. The summed E-state index contributed by atoms with van der Waals surface area (Å²) in [4.78, 5) is 2.22. The van der Waals surface area contributed by atoms with E-state index in [1.54, 1.807) is 0 Å². The van der Waals surface area contributed by atoms with Crippen molar-refractivity contribution in [3.8, 4) is 0 Å². The zero-order chi connectivity index (χ0) is 6.48. The minimum atomic E-state index is -0.0255. The molecule has 2 fully saturated rings. The zero-order valence-corrected chi connectivity index (χ0v) is 5.80. The number of aliphatic hydroxyl groups is 1. The molecule has 0 radical (unpaired) electrons. The first-order valence-electron chi connectivity index (χ1n) is 3.60. The van der Waals surface area contributed by atoms with Crippen LogP contribution in [0, 0.1) is 5.41 Å². The highest BCUT2D eigenvalue weighted by atomic mass is 16.3. The number of β-amino-alcohol motifs (C(OH)–C–C–N with tert-alkyl or cyclic N) is 1. The molecule has 0 aromatic heterocycles. The molecule has 9 heavy (non-hydrogen) atoms. The van der Waals surface area contributed by atoms with E-state index in [1.807, 2.05) is 0 Å². The van der Waals surface area contributed by atoms with Crippen LogP contribution in [-0.4, -0.2) is 36.2 Å². The first-order valence-corrected chi connectivity index (χ1v) is 3.60. The summed E-state index contributed by atoms with van der Waals surface area (Å²) in [6, 6.07) is 0. The predicted octanol–water partition coefficient (Wildman–Crippen LogP) is 0.0729. The Balaban J connectivity index is 2.10. The number of likely N-dealkylation sites (N-methyl/N-ethyl adjacent to an activating group) is 1. The van der Waals surface area contributed by atoms with Crippen molar-refractivity contribution in [2.45, 2.75) is 18.9 Å². The van der Waals surface area contributed by atoms with Gasteiger partial charge in [-0.15, -0.1) is 0 Å². The highest BCUT2D eigenvalue weighted by Gasteiger charge is 2.53. The van der Waals surface area contributed by atoms with E-state index in [-0.39, 0.29) is 6.10 Å². The van der Waals surface area contributed by atoms with Crippen LogP contribution in [0.3, 0.4) is 0 Å². The van der Waals surface area contributed by atoms with Crippen LogP contribution in [-0.2, 0) is 0 Å². The van der Waals surface area contributed by atoms with Gasteiger partial charge in [0.25, 0.3) is 0 Å². The van der Waals surface area contributed by atoms with Crippen molar-refractivity contribution >= 4 is 0 Å². The third-order valence-corrected chi connectivity index (χ3v) is 2.67. The van der Waals surface area contributed by atoms with Gasteiger partial charge in [0.05, 0.1) is 6.10 Å². The topological polar surface area (TPSA) is 23.5 Å². The molecule has 1 heterocycles. The Morgan fingerprint density at radius 3 is 2.44 bits per heavy atom. The second-order valence-electron chi connectivity index (χ2n) is 3.57. The largest absolute Gasteiger partial charge is 0.391 e. The first kappa shape index (κ1) is 5.69. The van der Waals surface area contributed by atoms with Gasteiger partial charge in [-0.3, -0.25) is 0 Å². The number of hydrogen-bond donors (Lipinski definition) is 1. The monoisotopic (exact) mass is 127 g/mol. The smallest absolute Gasteiger partial charge is 0.0735 e. The van der Waals surface area contributed by atoms with Crippen molar-refractivity contribution in [1.29, 1.82) is 0 Å². The van der Waals surface area contributed by atoms with Gasteiger partial charge in [-0.1, -0.05) is 0 Å². The minimum Gasteiger partial charge on any atom is -0.391 e. The normalized spacial score (nSPS) is 40.0. The summed E-state index contributed by atoms with van der Waals surface area (Å²) < 4.78 is 0. The summed E-state index contributed by atoms with van der Waals surface area (Å²) in [6.45, 7) is 2.01. The van der Waals surface area contributed by atoms with Crippen LogP contribution in [0.1, 0.15) is 12.8 Å². The van der Waals surface area contributed by atoms with Crippen molar-refractivity contribution in [3.05, 3.63) is 0 Å². The highest BCUT2D eigenvalue weighted by molar-refractivity contribution is 5.05. The zero-order valence-electron chi connectivity index (χ0n) is 5.80. The van der Waals surface area contributed by atoms with Gasteiger partial charge in [-0.2, -0.15) is 0 Å². The molecule has 1 saturated carbocycles. The second kappa shape index (κ2) is 1.50. The lowest BCUT2D eigenvalue weighted by Gasteiger charge is -2.07. The first-order chi connectivity index (χ1) is 4.23. The van der Waals surface area contributed by atoms with Gasteiger partial charge in [0.15, 0.2) is 0 Å². The number of likely N-dealkylation sites (tertiary alicyclic amines) is 1. The van der Waals surface area contributed by atoms with E-state index < -0.39 is 0 Å². The molecule has 1 atom stereocenters. The molecule has 1 spiro atoms. The van der Waals surface area contributed by atoms with Gasteiger partial charge >= 0.3 is 0 Å². The molecule has 0 amide bonds. The van der Waals surface area contributed by atoms with E-state index in [4.69, 9.17) is 0 Å². The Labute approximate surface area is 55.5 Å². The van der Waals surface area contributed by atoms with Gasteiger partial charge in [0.1, 0.15) is 0 Å². The molecule has 0 aromatic rings. The second-order valence-corrected chi connectivity index (χ2v) is 3.57. The lowest BCUT2D eigenvalue weighted by molar-refractivity contribution is 0.132. The lowest BCUT2D eigenvalue weighted by atomic mass is 10.0. The average molecular weight is 127 g/mol. The van der Waals surface area contributed by atoms with E-state index in [2.05, 4.69) is 11.9 Å². The standard InChI is InChI=1S/C7H13NO/c1-8-4-6(9)7(5-8)2-3-7/h6,9H,2-5H2,1H3/t6-/m1/s1. The third kappa shape index (κ3) is 0.700. The van der Waals surface area contributed by atoms with Crippen molar-refractivity contribution in [2.24, 2.45) is 5.41 Å². The van der Waals surface area contributed by atoms with Gasteiger partial charge in [0, 0.05) is 18.5 Å². The molecule has 2 heteroatoms. The number of hydrogen-bond acceptors (Lipinski definition) is 2. The maximum atomic E-state index is 9.45. The van der Waals surface area contributed by atoms with Crippen LogP contribution in [0.5, 0.6) is 0 Å². The van der Waals surface area contributed by atoms with Gasteiger partial charge in [0.2, 0.25) is 0 Å². The van der Waals surface area contributed by atoms with Gasteiger partial charge in [-0.05, 0) is 19.9 Å². The van der Waals surface area contributed by atoms with Crippen molar-refractivity contribution in [1.82, 2.24) is 4.90 Å². The fraction of sp³-hybridized carbons (Fsp3) is 1.00. The van der Waals surface area contributed by atoms with E-state index in [1.165, 1.54) is 12.8 Å². The third-order valence-electron chi connectivity index (χ3n) is 2.67. The molecule has 2 aliphatic rings. The van der Waals surface area contributed by atoms with Crippen LogP contribution in [0.25, 0.3) is 0 Å². The average Bonchev–Trinajstić information content (AvgIpc) is 2.42. The molecule has 1 aliphatic heterocycles. The highest BCUT2D eigenvalue weighted by Crippen LogP contribution is 2.52. The Morgan fingerprint density at radius 1 is 1.56 bits per heavy atom. The fourth-order valence-corrected chi connectivity index (χ4v) is 1.85. The molecule has 2 rings (SSSR count). The Hall–Kier alpha value is -0.0800. The van der Waals surface area contributed by atoms with E-state index in [9.17, 15) is 5.11 Å². The van der Waals surface area contributed by atoms with Gasteiger partial charge < -0.3 is 10.0 Å². The van der Waals surface area contributed by atoms with Crippen LogP contribution >= 0.6 is 0 Å². The fourth-order valence-electron chi connectivity index (χ4n) is 1.85. The molecule has 0 aromatic carbocycles. The van der Waals surface area contributed by atoms with E-state index in [0.717, 1.165) is 13.1 Å². The van der Waals surface area contributed by atoms with Gasteiger partial charge in [-0.25, -0.2) is 0 Å². The SMILES string of the molecule is CN1C[C@@H](O)C2(CC2)C1. The van der Waals surface area contributed by atoms with Crippen molar-refractivity contribution in [3.63, 3.8) is 0 Å².